The number of aromatic nitrogens is 1. The zero-order chi connectivity index (χ0) is 13.9. The van der Waals surface area contributed by atoms with Crippen LogP contribution >= 0.6 is 11.3 Å². The minimum absolute atomic E-state index is 0.632. The molecule has 2 rings (SSSR count). The van der Waals surface area contributed by atoms with Crippen LogP contribution in [0, 0.1) is 0 Å². The summed E-state index contributed by atoms with van der Waals surface area (Å²) in [6, 6.07) is 10.3. The Bertz CT molecular complexity index is 516. The molecule has 4 heteroatoms. The van der Waals surface area contributed by atoms with Crippen molar-refractivity contribution in [3.8, 4) is 10.4 Å². The maximum Gasteiger partial charge on any atom is 0.107 e. The first kappa shape index (κ1) is 14.2. The normalized spacial score (nSPS) is 12.1. The Labute approximate surface area is 118 Å². The highest BCUT2D eigenvalue weighted by Gasteiger charge is 2.16. The van der Waals surface area contributed by atoms with E-state index in [1.807, 2.05) is 45.3 Å². The molecular formula is C15H20N2OS. The molecule has 0 saturated heterocycles. The van der Waals surface area contributed by atoms with Crippen LogP contribution in [0.5, 0.6) is 0 Å². The van der Waals surface area contributed by atoms with E-state index in [0.29, 0.717) is 6.54 Å². The molecule has 2 aromatic rings. The topological polar surface area (TPSA) is 36.4 Å². The second kappa shape index (κ2) is 5.82. The van der Waals surface area contributed by atoms with Gasteiger partial charge in [-0.2, -0.15) is 0 Å². The molecule has 0 radical (unpaired) electrons. The molecule has 0 aliphatic carbocycles. The van der Waals surface area contributed by atoms with Gasteiger partial charge in [-0.3, -0.25) is 4.90 Å². The van der Waals surface area contributed by atoms with Gasteiger partial charge in [-0.25, -0.2) is 4.98 Å². The quantitative estimate of drug-likeness (QED) is 0.912. The Balaban J connectivity index is 2.02. The molecule has 19 heavy (non-hydrogen) atoms. The average Bonchev–Trinajstić information content (AvgIpc) is 2.76. The molecule has 0 saturated carbocycles. The number of rotatable bonds is 5. The van der Waals surface area contributed by atoms with Gasteiger partial charge in [-0.05, 0) is 26.5 Å². The molecular weight excluding hydrogens is 256 g/mol. The van der Waals surface area contributed by atoms with Gasteiger partial charge in [0, 0.05) is 12.7 Å². The smallest absolute Gasteiger partial charge is 0.107 e. The van der Waals surface area contributed by atoms with E-state index < -0.39 is 5.60 Å². The molecule has 1 aromatic heterocycles. The summed E-state index contributed by atoms with van der Waals surface area (Å²) in [6.45, 7) is 5.04. The van der Waals surface area contributed by atoms with Gasteiger partial charge in [0.15, 0.2) is 0 Å². The van der Waals surface area contributed by atoms with Gasteiger partial charge in [0.2, 0.25) is 0 Å². The van der Waals surface area contributed by atoms with Gasteiger partial charge >= 0.3 is 0 Å². The molecule has 0 amide bonds. The zero-order valence-electron chi connectivity index (χ0n) is 11.6. The second-order valence-corrected chi connectivity index (χ2v) is 6.58. The number of aliphatic hydroxyl groups is 1. The minimum atomic E-state index is -0.672. The molecule has 0 aliphatic heterocycles. The van der Waals surface area contributed by atoms with E-state index >= 15 is 0 Å². The van der Waals surface area contributed by atoms with Crippen molar-refractivity contribution in [3.05, 3.63) is 41.5 Å². The molecule has 1 heterocycles. The number of hydrogen-bond acceptors (Lipinski definition) is 4. The molecule has 0 aliphatic rings. The molecule has 0 fully saturated rings. The fraction of sp³-hybridized carbons (Fsp3) is 0.400. The van der Waals surface area contributed by atoms with E-state index in [0.717, 1.165) is 11.6 Å². The van der Waals surface area contributed by atoms with Crippen molar-refractivity contribution in [1.82, 2.24) is 9.88 Å². The third-order valence-electron chi connectivity index (χ3n) is 2.67. The summed E-state index contributed by atoms with van der Waals surface area (Å²) in [5, 5.41) is 10.9. The van der Waals surface area contributed by atoms with Crippen LogP contribution in [0.25, 0.3) is 10.4 Å². The van der Waals surface area contributed by atoms with Crippen LogP contribution in [-0.4, -0.2) is 34.2 Å². The standard InChI is InChI=1S/C15H20N2OS/c1-15(2,18)11-17(3)10-14-16-9-13(19-14)12-7-5-4-6-8-12/h4-9,18H,10-11H2,1-3H3. The largest absolute Gasteiger partial charge is 0.389 e. The number of nitrogens with zero attached hydrogens (tertiary/aromatic N) is 2. The lowest BCUT2D eigenvalue weighted by molar-refractivity contribution is 0.0424. The van der Waals surface area contributed by atoms with Crippen molar-refractivity contribution >= 4 is 11.3 Å². The van der Waals surface area contributed by atoms with E-state index in [2.05, 4.69) is 22.0 Å². The molecule has 0 spiro atoms. The SMILES string of the molecule is CN(Cc1ncc(-c2ccccc2)s1)CC(C)(C)O. The Morgan fingerprint density at radius 3 is 2.58 bits per heavy atom. The van der Waals surface area contributed by atoms with Crippen molar-refractivity contribution in [3.63, 3.8) is 0 Å². The lowest BCUT2D eigenvalue weighted by Gasteiger charge is -2.24. The first-order valence-electron chi connectivity index (χ1n) is 6.35. The predicted molar refractivity (Wildman–Crippen MR) is 80.2 cm³/mol. The van der Waals surface area contributed by atoms with Crippen LogP contribution in [0.1, 0.15) is 18.9 Å². The van der Waals surface area contributed by atoms with Crippen LogP contribution in [0.3, 0.4) is 0 Å². The minimum Gasteiger partial charge on any atom is -0.389 e. The summed E-state index contributed by atoms with van der Waals surface area (Å²) in [5.74, 6) is 0. The molecule has 0 atom stereocenters. The number of likely N-dealkylation sites (N-methyl/N-ethyl adjacent to an activating group) is 1. The van der Waals surface area contributed by atoms with Gasteiger partial charge in [0.25, 0.3) is 0 Å². The van der Waals surface area contributed by atoms with Gasteiger partial charge in [0.1, 0.15) is 5.01 Å². The van der Waals surface area contributed by atoms with Gasteiger partial charge in [-0.1, -0.05) is 30.3 Å². The summed E-state index contributed by atoms with van der Waals surface area (Å²) in [7, 11) is 2.00. The van der Waals surface area contributed by atoms with E-state index in [9.17, 15) is 5.11 Å². The zero-order valence-corrected chi connectivity index (χ0v) is 12.4. The maximum atomic E-state index is 9.79. The molecule has 1 aromatic carbocycles. The van der Waals surface area contributed by atoms with Crippen molar-refractivity contribution < 1.29 is 5.11 Å². The van der Waals surface area contributed by atoms with Crippen molar-refractivity contribution in [2.75, 3.05) is 13.6 Å². The van der Waals surface area contributed by atoms with Gasteiger partial charge in [-0.15, -0.1) is 11.3 Å². The lowest BCUT2D eigenvalue weighted by Crippen LogP contribution is -2.35. The van der Waals surface area contributed by atoms with Crippen LogP contribution in [0.15, 0.2) is 36.5 Å². The Morgan fingerprint density at radius 1 is 1.26 bits per heavy atom. The van der Waals surface area contributed by atoms with Crippen LogP contribution in [-0.2, 0) is 6.54 Å². The summed E-state index contributed by atoms with van der Waals surface area (Å²) < 4.78 is 0. The Hall–Kier alpha value is -1.23. The van der Waals surface area contributed by atoms with E-state index in [1.54, 1.807) is 11.3 Å². The first-order valence-corrected chi connectivity index (χ1v) is 7.17. The molecule has 1 N–H and O–H groups in total. The van der Waals surface area contributed by atoms with Crippen molar-refractivity contribution in [2.45, 2.75) is 26.0 Å². The fourth-order valence-corrected chi connectivity index (χ4v) is 3.07. The third kappa shape index (κ3) is 4.42. The number of thiazole rings is 1. The second-order valence-electron chi connectivity index (χ2n) is 5.47. The summed E-state index contributed by atoms with van der Waals surface area (Å²) in [4.78, 5) is 7.74. The molecule has 0 unspecified atom stereocenters. The number of benzene rings is 1. The Kier molecular flexibility index (Phi) is 4.34. The summed E-state index contributed by atoms with van der Waals surface area (Å²) in [6.07, 6.45) is 1.92. The third-order valence-corrected chi connectivity index (χ3v) is 3.71. The molecule has 3 nitrogen and oxygen atoms in total. The van der Waals surface area contributed by atoms with Crippen LogP contribution < -0.4 is 0 Å². The van der Waals surface area contributed by atoms with Crippen LogP contribution in [0.4, 0.5) is 0 Å². The maximum absolute atomic E-state index is 9.79. The van der Waals surface area contributed by atoms with Gasteiger partial charge in [0.05, 0.1) is 17.0 Å². The lowest BCUT2D eigenvalue weighted by atomic mass is 10.1. The van der Waals surface area contributed by atoms with E-state index in [1.165, 1.54) is 10.4 Å². The predicted octanol–water partition coefficient (Wildman–Crippen LogP) is 3.01. The summed E-state index contributed by atoms with van der Waals surface area (Å²) in [5.41, 5.74) is 0.533. The van der Waals surface area contributed by atoms with Gasteiger partial charge < -0.3 is 5.11 Å². The number of hydrogen-bond donors (Lipinski definition) is 1. The highest BCUT2D eigenvalue weighted by Crippen LogP contribution is 2.26. The highest BCUT2D eigenvalue weighted by molar-refractivity contribution is 7.15. The van der Waals surface area contributed by atoms with E-state index in [-0.39, 0.29) is 0 Å². The Morgan fingerprint density at radius 2 is 1.95 bits per heavy atom. The van der Waals surface area contributed by atoms with E-state index in [4.69, 9.17) is 0 Å². The first-order chi connectivity index (χ1) is 8.94. The molecule has 102 valence electrons. The highest BCUT2D eigenvalue weighted by atomic mass is 32.1. The molecule has 0 bridgehead atoms. The van der Waals surface area contributed by atoms with Crippen LogP contribution in [0.2, 0.25) is 0 Å². The monoisotopic (exact) mass is 276 g/mol. The summed E-state index contributed by atoms with van der Waals surface area (Å²) >= 11 is 1.71. The fourth-order valence-electron chi connectivity index (χ4n) is 2.07. The van der Waals surface area contributed by atoms with Crippen molar-refractivity contribution in [2.24, 2.45) is 0 Å². The van der Waals surface area contributed by atoms with Crippen molar-refractivity contribution in [1.29, 1.82) is 0 Å². The average molecular weight is 276 g/mol.